The molecule has 1 atom stereocenters. The highest BCUT2D eigenvalue weighted by Crippen LogP contribution is 2.43. The van der Waals surface area contributed by atoms with Crippen LogP contribution in [0.4, 0.5) is 18.9 Å². The van der Waals surface area contributed by atoms with Gasteiger partial charge in [-0.3, -0.25) is 4.98 Å². The van der Waals surface area contributed by atoms with E-state index in [1.165, 1.54) is 36.4 Å². The number of rotatable bonds is 4. The summed E-state index contributed by atoms with van der Waals surface area (Å²) in [5, 5.41) is 11.8. The molecule has 3 aromatic carbocycles. The molecule has 1 aromatic heterocycles. The number of nitrogens with zero attached hydrogens (tertiary/aromatic N) is 2. The maximum atomic E-state index is 14.5. The summed E-state index contributed by atoms with van der Waals surface area (Å²) in [7, 11) is 0. The molecule has 0 bridgehead atoms. The van der Waals surface area contributed by atoms with Gasteiger partial charge in [0.15, 0.2) is 0 Å². The molecule has 0 aliphatic carbocycles. The number of aliphatic hydroxyl groups is 1. The molecule has 0 amide bonds. The van der Waals surface area contributed by atoms with E-state index in [1.54, 1.807) is 54.6 Å². The van der Waals surface area contributed by atoms with Crippen LogP contribution in [0.25, 0.3) is 10.9 Å². The lowest BCUT2D eigenvalue weighted by molar-refractivity contribution is -0.235. The lowest BCUT2D eigenvalue weighted by Gasteiger charge is -2.32. The summed E-state index contributed by atoms with van der Waals surface area (Å²) >= 11 is 0. The average Bonchev–Trinajstić information content (AvgIpc) is 2.77. The number of hydrogen-bond donors (Lipinski definition) is 1. The van der Waals surface area contributed by atoms with Gasteiger partial charge in [-0.05, 0) is 42.3 Å². The van der Waals surface area contributed by atoms with Crippen LogP contribution in [0.2, 0.25) is 0 Å². The second kappa shape index (κ2) is 7.96. The molecule has 3 nitrogen and oxygen atoms in total. The van der Waals surface area contributed by atoms with Crippen molar-refractivity contribution >= 4 is 22.3 Å². The van der Waals surface area contributed by atoms with Crippen molar-refractivity contribution in [3.8, 4) is 0 Å². The Morgan fingerprint density at radius 3 is 2.10 bits per heavy atom. The number of aromatic nitrogens is 1. The van der Waals surface area contributed by atoms with Crippen LogP contribution in [0, 0.1) is 6.92 Å². The van der Waals surface area contributed by atoms with Crippen LogP contribution < -0.4 is 0 Å². The Morgan fingerprint density at radius 1 is 0.806 bits per heavy atom. The molecule has 0 aliphatic heterocycles. The van der Waals surface area contributed by atoms with Gasteiger partial charge in [0.05, 0.1) is 16.9 Å². The summed E-state index contributed by atoms with van der Waals surface area (Å²) in [5.41, 5.74) is -2.25. The topological polar surface area (TPSA) is 45.5 Å². The van der Waals surface area contributed by atoms with E-state index >= 15 is 0 Å². The average molecular weight is 420 g/mol. The lowest BCUT2D eigenvalue weighted by atomic mass is 9.84. The Balaban J connectivity index is 2.05. The number of pyridine rings is 1. The molecule has 0 radical (unpaired) electrons. The summed E-state index contributed by atoms with van der Waals surface area (Å²) < 4.78 is 43.4. The van der Waals surface area contributed by atoms with Gasteiger partial charge in [0.1, 0.15) is 0 Å². The first-order valence-corrected chi connectivity index (χ1v) is 9.66. The minimum Gasteiger partial charge on any atom is -0.371 e. The van der Waals surface area contributed by atoms with Gasteiger partial charge >= 0.3 is 6.18 Å². The van der Waals surface area contributed by atoms with Crippen LogP contribution in [-0.2, 0) is 5.60 Å². The SMILES string of the molecule is Cc1ccc2c(/N=C(\c3ccccc3)C(O)(c3ccccc3)C(F)(F)F)cccc2n1. The van der Waals surface area contributed by atoms with Crippen LogP contribution in [0.5, 0.6) is 0 Å². The molecule has 0 aliphatic rings. The molecule has 1 heterocycles. The normalized spacial score (nSPS) is 14.4. The van der Waals surface area contributed by atoms with Crippen molar-refractivity contribution in [1.29, 1.82) is 0 Å². The number of aliphatic imine (C=N–C) groups is 1. The van der Waals surface area contributed by atoms with Gasteiger partial charge < -0.3 is 5.11 Å². The van der Waals surface area contributed by atoms with Crippen molar-refractivity contribution in [3.63, 3.8) is 0 Å². The van der Waals surface area contributed by atoms with Crippen LogP contribution in [0.1, 0.15) is 16.8 Å². The fourth-order valence-electron chi connectivity index (χ4n) is 3.52. The van der Waals surface area contributed by atoms with Crippen molar-refractivity contribution in [3.05, 3.63) is 108 Å². The van der Waals surface area contributed by atoms with Gasteiger partial charge in [0.25, 0.3) is 0 Å². The number of aryl methyl sites for hydroxylation is 1. The predicted molar refractivity (Wildman–Crippen MR) is 116 cm³/mol. The van der Waals surface area contributed by atoms with Gasteiger partial charge in [0, 0.05) is 11.1 Å². The third-order valence-corrected chi connectivity index (χ3v) is 5.07. The molecule has 31 heavy (non-hydrogen) atoms. The third-order valence-electron chi connectivity index (χ3n) is 5.07. The van der Waals surface area contributed by atoms with Crippen molar-refractivity contribution < 1.29 is 18.3 Å². The van der Waals surface area contributed by atoms with Crippen LogP contribution in [0.15, 0.2) is 96.0 Å². The molecular weight excluding hydrogens is 401 g/mol. The summed E-state index contributed by atoms with van der Waals surface area (Å²) in [6.45, 7) is 1.84. The number of halogens is 3. The minimum atomic E-state index is -5.01. The zero-order valence-corrected chi connectivity index (χ0v) is 16.6. The Morgan fingerprint density at radius 2 is 1.45 bits per heavy atom. The number of benzene rings is 3. The van der Waals surface area contributed by atoms with E-state index < -0.39 is 17.5 Å². The smallest absolute Gasteiger partial charge is 0.371 e. The van der Waals surface area contributed by atoms with Crippen LogP contribution in [0.3, 0.4) is 0 Å². The number of fused-ring (bicyclic) bond motifs is 1. The van der Waals surface area contributed by atoms with E-state index in [4.69, 9.17) is 0 Å². The Bertz CT molecular complexity index is 1240. The third kappa shape index (κ3) is 3.82. The molecule has 1 N–H and O–H groups in total. The van der Waals surface area contributed by atoms with Crippen LogP contribution in [-0.4, -0.2) is 22.0 Å². The summed E-state index contributed by atoms with van der Waals surface area (Å²) in [4.78, 5) is 8.84. The van der Waals surface area contributed by atoms with E-state index in [9.17, 15) is 18.3 Å². The van der Waals surface area contributed by atoms with Gasteiger partial charge in [-0.2, -0.15) is 13.2 Å². The number of hydrogen-bond acceptors (Lipinski definition) is 3. The first-order valence-electron chi connectivity index (χ1n) is 9.66. The van der Waals surface area contributed by atoms with Crippen LogP contribution >= 0.6 is 0 Å². The largest absolute Gasteiger partial charge is 0.427 e. The standard InChI is InChI=1S/C25H19F3N2O/c1-17-15-16-20-21(29-17)13-8-14-22(20)30-23(18-9-4-2-5-10-18)24(31,25(26,27)28)19-11-6-3-7-12-19/h2-16,31H,1H3/b30-23+. The highest BCUT2D eigenvalue weighted by Gasteiger charge is 2.59. The molecular formula is C25H19F3N2O. The van der Waals surface area contributed by atoms with Crippen molar-refractivity contribution in [2.45, 2.75) is 18.7 Å². The summed E-state index contributed by atoms with van der Waals surface area (Å²) in [6, 6.07) is 23.6. The molecule has 0 saturated carbocycles. The maximum absolute atomic E-state index is 14.5. The van der Waals surface area contributed by atoms with E-state index in [-0.39, 0.29) is 11.1 Å². The first-order chi connectivity index (χ1) is 14.8. The molecule has 6 heteroatoms. The Hall–Kier alpha value is -3.51. The zero-order chi connectivity index (χ0) is 22.1. The molecule has 156 valence electrons. The van der Waals surface area contributed by atoms with Crippen molar-refractivity contribution in [2.24, 2.45) is 4.99 Å². The Kier molecular flexibility index (Phi) is 5.33. The maximum Gasteiger partial charge on any atom is 0.427 e. The van der Waals surface area contributed by atoms with Gasteiger partial charge in [-0.15, -0.1) is 0 Å². The lowest BCUT2D eigenvalue weighted by Crippen LogP contribution is -2.49. The molecule has 0 fully saturated rings. The molecule has 4 aromatic rings. The highest BCUT2D eigenvalue weighted by atomic mass is 19.4. The molecule has 4 rings (SSSR count). The number of alkyl halides is 3. The summed E-state index contributed by atoms with van der Waals surface area (Å²) in [6.07, 6.45) is -5.01. The van der Waals surface area contributed by atoms with E-state index in [1.807, 2.05) is 6.92 Å². The van der Waals surface area contributed by atoms with Gasteiger partial charge in [-0.25, -0.2) is 4.99 Å². The molecule has 0 saturated heterocycles. The second-order valence-corrected chi connectivity index (χ2v) is 7.20. The van der Waals surface area contributed by atoms with E-state index in [0.29, 0.717) is 16.6 Å². The highest BCUT2D eigenvalue weighted by molar-refractivity contribution is 6.10. The van der Waals surface area contributed by atoms with Crippen molar-refractivity contribution in [1.82, 2.24) is 4.98 Å². The predicted octanol–water partition coefficient (Wildman–Crippen LogP) is 6.11. The van der Waals surface area contributed by atoms with Gasteiger partial charge in [0.2, 0.25) is 5.60 Å². The molecule has 1 unspecified atom stereocenters. The van der Waals surface area contributed by atoms with Crippen molar-refractivity contribution in [2.75, 3.05) is 0 Å². The first kappa shape index (κ1) is 20.8. The monoisotopic (exact) mass is 420 g/mol. The van der Waals surface area contributed by atoms with E-state index in [0.717, 1.165) is 5.69 Å². The zero-order valence-electron chi connectivity index (χ0n) is 16.6. The molecule has 0 spiro atoms. The second-order valence-electron chi connectivity index (χ2n) is 7.20. The fourth-order valence-corrected chi connectivity index (χ4v) is 3.52. The fraction of sp³-hybridized carbons (Fsp3) is 0.120. The summed E-state index contributed by atoms with van der Waals surface area (Å²) in [5.74, 6) is 0. The van der Waals surface area contributed by atoms with E-state index in [2.05, 4.69) is 9.98 Å². The quantitative estimate of drug-likeness (QED) is 0.405. The minimum absolute atomic E-state index is 0.170. The van der Waals surface area contributed by atoms with Gasteiger partial charge in [-0.1, -0.05) is 66.7 Å². The Labute approximate surface area is 177 Å².